The van der Waals surface area contributed by atoms with Gasteiger partial charge in [-0.1, -0.05) is 0 Å². The average Bonchev–Trinajstić information content (AvgIpc) is 1.97. The zero-order chi connectivity index (χ0) is 7.66. The molecule has 0 spiro atoms. The maximum Gasteiger partial charge on any atom is 0.157 e. The molecule has 0 fully saturated rings. The summed E-state index contributed by atoms with van der Waals surface area (Å²) < 4.78 is 9.08. The Morgan fingerprint density at radius 3 is 1.60 bits per heavy atom. The van der Waals surface area contributed by atoms with E-state index < -0.39 is 0 Å². The van der Waals surface area contributed by atoms with Crippen LogP contribution in [0, 0.1) is 0 Å². The Balaban J connectivity index is 3.03. The Labute approximate surface area is 58.4 Å². The molecule has 0 saturated heterocycles. The molecule has 0 aliphatic rings. The Hall–Kier alpha value is -1.32. The van der Waals surface area contributed by atoms with Gasteiger partial charge < -0.3 is 9.47 Å². The minimum absolute atomic E-state index is 0.000942. The zero-order valence-electron chi connectivity index (χ0n) is 5.36. The minimum Gasteiger partial charge on any atom is -0.491 e. The smallest absolute Gasteiger partial charge is 0.157 e. The Morgan fingerprint density at radius 2 is 1.30 bits per heavy atom. The van der Waals surface area contributed by atoms with Gasteiger partial charge >= 0.3 is 0 Å². The van der Waals surface area contributed by atoms with Crippen LogP contribution in [0.3, 0.4) is 0 Å². The van der Waals surface area contributed by atoms with E-state index in [1.165, 1.54) is 12.5 Å². The molecule has 56 valence electrons. The highest BCUT2D eigenvalue weighted by molar-refractivity contribution is 5.51. The number of hydrogen-bond donors (Lipinski definition) is 0. The highest BCUT2D eigenvalue weighted by Gasteiger charge is 1.75. The molecular formula is C6H8O4. The van der Waals surface area contributed by atoms with Crippen molar-refractivity contribution in [3.8, 4) is 0 Å². The van der Waals surface area contributed by atoms with E-state index in [9.17, 15) is 9.59 Å². The fourth-order valence-electron chi connectivity index (χ4n) is 0.268. The van der Waals surface area contributed by atoms with Crippen LogP contribution in [0.5, 0.6) is 0 Å². The number of aldehydes is 2. The monoisotopic (exact) mass is 144 g/mol. The topological polar surface area (TPSA) is 52.6 Å². The van der Waals surface area contributed by atoms with E-state index in [0.29, 0.717) is 12.6 Å². The van der Waals surface area contributed by atoms with Crippen LogP contribution in [0.1, 0.15) is 0 Å². The molecule has 0 aromatic heterocycles. The molecule has 0 rings (SSSR count). The Kier molecular flexibility index (Phi) is 6.67. The van der Waals surface area contributed by atoms with Crippen LogP contribution in [0.25, 0.3) is 0 Å². The lowest BCUT2D eigenvalue weighted by molar-refractivity contribution is -0.111. The van der Waals surface area contributed by atoms with Crippen LogP contribution in [0.2, 0.25) is 0 Å². The maximum atomic E-state index is 9.64. The quantitative estimate of drug-likeness (QED) is 0.296. The number of hydrogen-bond acceptors (Lipinski definition) is 4. The van der Waals surface area contributed by atoms with Crippen molar-refractivity contribution in [1.82, 2.24) is 0 Å². The summed E-state index contributed by atoms with van der Waals surface area (Å²) in [6, 6.07) is 0. The second kappa shape index (κ2) is 7.68. The van der Waals surface area contributed by atoms with Gasteiger partial charge in [-0.3, -0.25) is 9.59 Å². The van der Waals surface area contributed by atoms with E-state index in [1.807, 2.05) is 0 Å². The SMILES string of the molecule is O=CCO/C=C/OCC=O. The van der Waals surface area contributed by atoms with Gasteiger partial charge in [0.1, 0.15) is 25.7 Å². The largest absolute Gasteiger partial charge is 0.491 e. The van der Waals surface area contributed by atoms with Gasteiger partial charge in [0.2, 0.25) is 0 Å². The molecule has 0 saturated carbocycles. The van der Waals surface area contributed by atoms with E-state index in [1.54, 1.807) is 0 Å². The summed E-state index contributed by atoms with van der Waals surface area (Å²) in [4.78, 5) is 19.3. The fourth-order valence-corrected chi connectivity index (χ4v) is 0.268. The molecule has 4 nitrogen and oxygen atoms in total. The van der Waals surface area contributed by atoms with Gasteiger partial charge in [0.25, 0.3) is 0 Å². The van der Waals surface area contributed by atoms with Crippen molar-refractivity contribution in [3.05, 3.63) is 12.5 Å². The number of rotatable bonds is 6. The van der Waals surface area contributed by atoms with Gasteiger partial charge in [-0.15, -0.1) is 0 Å². The lowest BCUT2D eigenvalue weighted by Gasteiger charge is -1.91. The molecule has 0 radical (unpaired) electrons. The summed E-state index contributed by atoms with van der Waals surface area (Å²) in [5.74, 6) is 0. The second-order valence-corrected chi connectivity index (χ2v) is 1.27. The third kappa shape index (κ3) is 6.68. The van der Waals surface area contributed by atoms with Crippen LogP contribution >= 0.6 is 0 Å². The predicted octanol–water partition coefficient (Wildman–Crippen LogP) is -0.111. The highest BCUT2D eigenvalue weighted by Crippen LogP contribution is 1.76. The van der Waals surface area contributed by atoms with Crippen molar-refractivity contribution in [2.45, 2.75) is 0 Å². The van der Waals surface area contributed by atoms with Crippen molar-refractivity contribution < 1.29 is 19.1 Å². The molecule has 4 heteroatoms. The molecule has 0 aromatic rings. The van der Waals surface area contributed by atoms with Crippen molar-refractivity contribution in [2.75, 3.05) is 13.2 Å². The highest BCUT2D eigenvalue weighted by atomic mass is 16.5. The van der Waals surface area contributed by atoms with Crippen LogP contribution in [0.4, 0.5) is 0 Å². The van der Waals surface area contributed by atoms with Gasteiger partial charge in [0.05, 0.1) is 0 Å². The number of carbonyl (C=O) groups is 2. The van der Waals surface area contributed by atoms with Crippen molar-refractivity contribution >= 4 is 12.6 Å². The molecule has 0 atom stereocenters. The van der Waals surface area contributed by atoms with Gasteiger partial charge in [0.15, 0.2) is 12.6 Å². The molecule has 0 aliphatic heterocycles. The lowest BCUT2D eigenvalue weighted by atomic mass is 10.8. The summed E-state index contributed by atoms with van der Waals surface area (Å²) in [6.45, 7) is 0.00188. The summed E-state index contributed by atoms with van der Waals surface area (Å²) in [5, 5.41) is 0. The minimum atomic E-state index is 0.000942. The average molecular weight is 144 g/mol. The number of carbonyl (C=O) groups excluding carboxylic acids is 2. The lowest BCUT2D eigenvalue weighted by Crippen LogP contribution is -1.89. The molecule has 0 unspecified atom stereocenters. The van der Waals surface area contributed by atoms with Crippen molar-refractivity contribution in [2.24, 2.45) is 0 Å². The molecule has 0 heterocycles. The van der Waals surface area contributed by atoms with Gasteiger partial charge in [0, 0.05) is 0 Å². The molecule has 10 heavy (non-hydrogen) atoms. The third-order valence-corrected chi connectivity index (χ3v) is 0.577. The summed E-state index contributed by atoms with van der Waals surface area (Å²) >= 11 is 0. The van der Waals surface area contributed by atoms with Crippen LogP contribution in [-0.2, 0) is 19.1 Å². The predicted molar refractivity (Wildman–Crippen MR) is 33.2 cm³/mol. The van der Waals surface area contributed by atoms with Crippen LogP contribution in [0.15, 0.2) is 12.5 Å². The summed E-state index contributed by atoms with van der Waals surface area (Å²) in [6.07, 6.45) is 3.64. The standard InChI is InChI=1S/C6H8O4/c7-1-3-9-5-6-10-4-2-8/h1-2,5-6H,3-4H2/b6-5+. The van der Waals surface area contributed by atoms with E-state index in [2.05, 4.69) is 9.47 Å². The van der Waals surface area contributed by atoms with Gasteiger partial charge in [-0.2, -0.15) is 0 Å². The number of ether oxygens (including phenoxy) is 2. The van der Waals surface area contributed by atoms with Crippen LogP contribution < -0.4 is 0 Å². The zero-order valence-corrected chi connectivity index (χ0v) is 5.36. The Morgan fingerprint density at radius 1 is 0.900 bits per heavy atom. The fraction of sp³-hybridized carbons (Fsp3) is 0.333. The van der Waals surface area contributed by atoms with E-state index in [4.69, 9.17) is 0 Å². The summed E-state index contributed by atoms with van der Waals surface area (Å²) in [7, 11) is 0. The van der Waals surface area contributed by atoms with Crippen molar-refractivity contribution in [1.29, 1.82) is 0 Å². The molecule has 0 aromatic carbocycles. The first-order valence-electron chi connectivity index (χ1n) is 2.67. The summed E-state index contributed by atoms with van der Waals surface area (Å²) in [5.41, 5.74) is 0. The molecule has 0 N–H and O–H groups in total. The van der Waals surface area contributed by atoms with E-state index >= 15 is 0 Å². The normalized spacial score (nSPS) is 9.20. The van der Waals surface area contributed by atoms with E-state index in [-0.39, 0.29) is 13.2 Å². The Bertz CT molecular complexity index is 105. The second-order valence-electron chi connectivity index (χ2n) is 1.27. The molecule has 0 aliphatic carbocycles. The van der Waals surface area contributed by atoms with Gasteiger partial charge in [-0.05, 0) is 0 Å². The maximum absolute atomic E-state index is 9.64. The first-order valence-corrected chi connectivity index (χ1v) is 2.67. The first-order chi connectivity index (χ1) is 4.91. The molecule has 0 amide bonds. The van der Waals surface area contributed by atoms with Crippen LogP contribution in [-0.4, -0.2) is 25.8 Å². The molecular weight excluding hydrogens is 136 g/mol. The molecule has 0 bridgehead atoms. The van der Waals surface area contributed by atoms with Crippen molar-refractivity contribution in [3.63, 3.8) is 0 Å². The van der Waals surface area contributed by atoms with Gasteiger partial charge in [-0.25, -0.2) is 0 Å². The third-order valence-electron chi connectivity index (χ3n) is 0.577. The van der Waals surface area contributed by atoms with E-state index in [0.717, 1.165) is 0 Å². The first kappa shape index (κ1) is 8.68.